The molecule has 0 aliphatic rings. The maximum absolute atomic E-state index is 13.6. The van der Waals surface area contributed by atoms with E-state index in [0.29, 0.717) is 28.2 Å². The summed E-state index contributed by atoms with van der Waals surface area (Å²) >= 11 is 0.424. The van der Waals surface area contributed by atoms with Gasteiger partial charge in [-0.1, -0.05) is 12.1 Å². The van der Waals surface area contributed by atoms with E-state index >= 15 is 0 Å². The zero-order valence-corrected chi connectivity index (χ0v) is 20.2. The van der Waals surface area contributed by atoms with Crippen molar-refractivity contribution < 1.29 is 44.7 Å². The minimum absolute atomic E-state index is 0.0558. The number of alkyl halides is 7. The van der Waals surface area contributed by atoms with Gasteiger partial charge in [-0.15, -0.1) is 11.3 Å². The van der Waals surface area contributed by atoms with Crippen LogP contribution in [0.3, 0.4) is 0 Å². The number of thiophene rings is 1. The van der Waals surface area contributed by atoms with Crippen molar-refractivity contribution in [3.63, 3.8) is 0 Å². The number of nitrogens with one attached hydrogen (secondary N) is 1. The van der Waals surface area contributed by atoms with Crippen molar-refractivity contribution in [2.24, 2.45) is 5.73 Å². The smallest absolute Gasteiger partial charge is 0.365 e. The summed E-state index contributed by atoms with van der Waals surface area (Å²) in [6, 6.07) is 3.68. The summed E-state index contributed by atoms with van der Waals surface area (Å²) in [5.41, 5.74) is 1.52. The van der Waals surface area contributed by atoms with E-state index in [2.05, 4.69) is 15.4 Å². The van der Waals surface area contributed by atoms with Crippen LogP contribution in [-0.4, -0.2) is 26.6 Å². The van der Waals surface area contributed by atoms with Gasteiger partial charge in [-0.05, 0) is 42.3 Å². The Morgan fingerprint density at radius 1 is 1.05 bits per heavy atom. The number of anilines is 1. The molecule has 3 aromatic heterocycles. The summed E-state index contributed by atoms with van der Waals surface area (Å²) < 4.78 is 108. The number of halogens is 8. The Kier molecular flexibility index (Phi) is 7.34. The highest BCUT2D eigenvalue weighted by Gasteiger charge is 2.35. The number of primary amides is 1. The number of nitrogens with zero attached hydrogens (tertiary/aromatic N) is 3. The van der Waals surface area contributed by atoms with Gasteiger partial charge in [-0.25, -0.2) is 26.9 Å². The molecule has 4 rings (SSSR count). The van der Waals surface area contributed by atoms with Crippen LogP contribution in [0.4, 0.5) is 40.8 Å². The maximum atomic E-state index is 13.6. The molecule has 39 heavy (non-hydrogen) atoms. The van der Waals surface area contributed by atoms with Crippen LogP contribution < -0.4 is 11.1 Å². The molecule has 206 valence electrons. The number of nitrogens with two attached hydrogens (primary N) is 1. The Labute approximate surface area is 217 Å². The molecule has 2 amide bonds. The lowest BCUT2D eigenvalue weighted by molar-refractivity contribution is -0.140. The first-order valence-corrected chi connectivity index (χ1v) is 11.6. The number of carbonyl (C=O) groups is 2. The van der Waals surface area contributed by atoms with Crippen LogP contribution in [-0.2, 0) is 11.0 Å². The lowest BCUT2D eigenvalue weighted by Crippen LogP contribution is -2.27. The fourth-order valence-electron chi connectivity index (χ4n) is 3.74. The van der Waals surface area contributed by atoms with Crippen molar-refractivity contribution in [2.45, 2.75) is 32.0 Å². The first-order valence-electron chi connectivity index (χ1n) is 10.8. The fraction of sp³-hybridized carbons (Fsp3) is 0.217. The Balaban J connectivity index is 1.89. The first-order chi connectivity index (χ1) is 18.2. The molecule has 0 saturated carbocycles. The number of aromatic nitrogens is 3. The van der Waals surface area contributed by atoms with Crippen molar-refractivity contribution in [3.8, 4) is 11.1 Å². The van der Waals surface area contributed by atoms with Crippen LogP contribution in [0.2, 0.25) is 0 Å². The Morgan fingerprint density at radius 3 is 2.23 bits per heavy atom. The van der Waals surface area contributed by atoms with E-state index in [4.69, 9.17) is 5.73 Å². The van der Waals surface area contributed by atoms with E-state index in [1.807, 2.05) is 0 Å². The predicted molar refractivity (Wildman–Crippen MR) is 124 cm³/mol. The van der Waals surface area contributed by atoms with Crippen molar-refractivity contribution in [1.29, 1.82) is 0 Å². The highest BCUT2D eigenvalue weighted by Crippen LogP contribution is 2.44. The molecular formula is C23H15F8N5O2S. The third-order valence-electron chi connectivity index (χ3n) is 5.56. The van der Waals surface area contributed by atoms with Crippen LogP contribution in [0.15, 0.2) is 36.4 Å². The Hall–Kier alpha value is -4.08. The molecular weight excluding hydrogens is 562 g/mol. The number of hydrogen-bond acceptors (Lipinski definition) is 5. The zero-order chi connectivity index (χ0) is 28.8. The minimum atomic E-state index is -4.92. The van der Waals surface area contributed by atoms with Gasteiger partial charge in [0.2, 0.25) is 5.91 Å². The summed E-state index contributed by atoms with van der Waals surface area (Å²) in [7, 11) is 0. The van der Waals surface area contributed by atoms with Gasteiger partial charge >= 0.3 is 6.18 Å². The van der Waals surface area contributed by atoms with Gasteiger partial charge in [0.05, 0.1) is 5.69 Å². The fourth-order valence-corrected chi connectivity index (χ4v) is 4.75. The third kappa shape index (κ3) is 5.41. The van der Waals surface area contributed by atoms with Gasteiger partial charge < -0.3 is 11.1 Å². The number of carbonyl (C=O) groups excluding carboxylic acids is 2. The summed E-state index contributed by atoms with van der Waals surface area (Å²) in [5.74, 6) is -2.98. The lowest BCUT2D eigenvalue weighted by Gasteiger charge is -2.17. The zero-order valence-electron chi connectivity index (χ0n) is 19.4. The molecule has 0 spiro atoms. The van der Waals surface area contributed by atoms with Crippen molar-refractivity contribution in [3.05, 3.63) is 64.2 Å². The van der Waals surface area contributed by atoms with Gasteiger partial charge in [0.15, 0.2) is 0 Å². The van der Waals surface area contributed by atoms with Crippen LogP contribution in [0.1, 0.15) is 52.6 Å². The number of hydrogen-bond donors (Lipinski definition) is 2. The molecule has 0 aliphatic heterocycles. The second-order valence-corrected chi connectivity index (χ2v) is 9.11. The summed E-state index contributed by atoms with van der Waals surface area (Å²) in [6.07, 6.45) is -11.4. The van der Waals surface area contributed by atoms with Crippen molar-refractivity contribution in [1.82, 2.24) is 14.8 Å². The molecule has 0 bridgehead atoms. The van der Waals surface area contributed by atoms with Crippen LogP contribution in [0.25, 0.3) is 21.3 Å². The third-order valence-corrected chi connectivity index (χ3v) is 6.65. The molecule has 16 heteroatoms. The molecule has 0 aliphatic carbocycles. The maximum Gasteiger partial charge on any atom is 0.433 e. The van der Waals surface area contributed by atoms with E-state index in [1.165, 1.54) is 0 Å². The highest BCUT2D eigenvalue weighted by molar-refractivity contribution is 7.21. The number of benzene rings is 1. The largest absolute Gasteiger partial charge is 0.433 e. The molecule has 0 radical (unpaired) electrons. The minimum Gasteiger partial charge on any atom is -0.365 e. The predicted octanol–water partition coefficient (Wildman–Crippen LogP) is 6.49. The van der Waals surface area contributed by atoms with E-state index in [-0.39, 0.29) is 27.0 Å². The Morgan fingerprint density at radius 2 is 1.69 bits per heavy atom. The molecule has 7 nitrogen and oxygen atoms in total. The standard InChI is InChI=1S/C23H15F8N5O2S/c1-8(36-13(19(27)28)7-12(35-36)18(25)26)21(38)34-16-15-11(9-2-4-10(24)5-3-9)6-14(23(29,30)31)33-22(15)39-17(16)20(32)37/h2-8,18-19H,1H3,(H2,32,37)(H,34,38). The first kappa shape index (κ1) is 27.9. The second kappa shape index (κ2) is 10.2. The van der Waals surface area contributed by atoms with Crippen LogP contribution in [0.5, 0.6) is 0 Å². The molecule has 1 aromatic carbocycles. The molecule has 1 atom stereocenters. The molecule has 0 saturated heterocycles. The van der Waals surface area contributed by atoms with Crippen molar-refractivity contribution in [2.75, 3.05) is 5.32 Å². The summed E-state index contributed by atoms with van der Waals surface area (Å²) in [6.45, 7) is 1.06. The molecule has 1 unspecified atom stereocenters. The highest BCUT2D eigenvalue weighted by atomic mass is 32.1. The molecule has 3 heterocycles. The van der Waals surface area contributed by atoms with E-state index in [0.717, 1.165) is 31.2 Å². The van der Waals surface area contributed by atoms with Crippen LogP contribution in [0, 0.1) is 5.82 Å². The van der Waals surface area contributed by atoms with Gasteiger partial charge in [-0.2, -0.15) is 18.3 Å². The van der Waals surface area contributed by atoms with Gasteiger partial charge in [0.1, 0.15) is 38.6 Å². The average molecular weight is 577 g/mol. The van der Waals surface area contributed by atoms with Crippen molar-refractivity contribution >= 4 is 39.1 Å². The van der Waals surface area contributed by atoms with Crippen LogP contribution >= 0.6 is 11.3 Å². The average Bonchev–Trinajstić information content (AvgIpc) is 3.46. The monoisotopic (exact) mass is 577 g/mol. The van der Waals surface area contributed by atoms with E-state index in [1.54, 1.807) is 0 Å². The Bertz CT molecular complexity index is 1560. The quantitative estimate of drug-likeness (QED) is 0.245. The summed E-state index contributed by atoms with van der Waals surface area (Å²) in [5, 5.41) is 5.49. The SMILES string of the molecule is CC(C(=O)Nc1c(C(N)=O)sc2nc(C(F)(F)F)cc(-c3ccc(F)cc3)c12)n1nc(C(F)F)cc1C(F)F. The number of rotatable bonds is 7. The van der Waals surface area contributed by atoms with Gasteiger partial charge in [0, 0.05) is 5.39 Å². The topological polar surface area (TPSA) is 103 Å². The number of pyridine rings is 1. The van der Waals surface area contributed by atoms with E-state index < -0.39 is 64.7 Å². The molecule has 4 aromatic rings. The van der Waals surface area contributed by atoms with E-state index in [9.17, 15) is 44.7 Å². The normalized spacial score (nSPS) is 12.9. The number of fused-ring (bicyclic) bond motifs is 1. The van der Waals surface area contributed by atoms with Gasteiger partial charge in [-0.3, -0.25) is 14.3 Å². The lowest BCUT2D eigenvalue weighted by atomic mass is 10.0. The van der Waals surface area contributed by atoms with Gasteiger partial charge in [0.25, 0.3) is 18.8 Å². The number of amides is 2. The molecule has 0 fully saturated rings. The molecule has 3 N–H and O–H groups in total. The second-order valence-electron chi connectivity index (χ2n) is 8.12. The summed E-state index contributed by atoms with van der Waals surface area (Å²) in [4.78, 5) is 28.0.